The molecule has 20 heavy (non-hydrogen) atoms. The van der Waals surface area contributed by atoms with Crippen LogP contribution in [0.5, 0.6) is 0 Å². The molecule has 102 valence electrons. The lowest BCUT2D eigenvalue weighted by Gasteiger charge is -2.01. The normalized spacial score (nSPS) is 11.3. The molecule has 0 aliphatic rings. The second-order valence-corrected chi connectivity index (χ2v) is 5.09. The summed E-state index contributed by atoms with van der Waals surface area (Å²) in [7, 11) is 0. The molecule has 2 N–H and O–H groups in total. The monoisotopic (exact) mass is 287 g/mol. The van der Waals surface area contributed by atoms with Crippen molar-refractivity contribution < 1.29 is 4.92 Å². The van der Waals surface area contributed by atoms with Crippen LogP contribution in [-0.2, 0) is 6.54 Å². The Morgan fingerprint density at radius 3 is 2.40 bits per heavy atom. The molecule has 5 nitrogen and oxygen atoms in total. The van der Waals surface area contributed by atoms with Crippen molar-refractivity contribution in [3.05, 3.63) is 70.3 Å². The van der Waals surface area contributed by atoms with Gasteiger partial charge in [-0.15, -0.1) is 0 Å². The van der Waals surface area contributed by atoms with Crippen LogP contribution < -0.4 is 5.73 Å². The molecular weight excluding hydrogens is 274 g/mol. The van der Waals surface area contributed by atoms with Gasteiger partial charge >= 0.3 is 0 Å². The predicted molar refractivity (Wildman–Crippen MR) is 80.7 cm³/mol. The zero-order valence-corrected chi connectivity index (χ0v) is 11.4. The Bertz CT molecular complexity index is 612. The summed E-state index contributed by atoms with van der Waals surface area (Å²) in [6, 6.07) is 16.0. The molecule has 0 aromatic heterocycles. The van der Waals surface area contributed by atoms with Crippen LogP contribution in [0.1, 0.15) is 5.56 Å². The highest BCUT2D eigenvalue weighted by Crippen LogP contribution is 2.17. The number of nitrogens with zero attached hydrogens (tertiary/aromatic N) is 2. The Hall–Kier alpha value is -2.34. The standard InChI is InChI=1S/C14H13N3O2S/c15-14(20-13-4-2-1-3-5-13)16-10-11-6-8-12(9-7-11)17(18)19/h1-9H,10H2,(H2,15,16). The molecule has 2 aromatic carbocycles. The zero-order chi connectivity index (χ0) is 14.4. The summed E-state index contributed by atoms with van der Waals surface area (Å²) in [5.74, 6) is 0. The van der Waals surface area contributed by atoms with E-state index in [0.29, 0.717) is 11.7 Å². The van der Waals surface area contributed by atoms with Crippen LogP contribution in [0.2, 0.25) is 0 Å². The largest absolute Gasteiger partial charge is 0.378 e. The lowest BCUT2D eigenvalue weighted by Crippen LogP contribution is -2.06. The van der Waals surface area contributed by atoms with Crippen molar-refractivity contribution in [3.63, 3.8) is 0 Å². The lowest BCUT2D eigenvalue weighted by atomic mass is 10.2. The van der Waals surface area contributed by atoms with Crippen LogP contribution in [0.3, 0.4) is 0 Å². The maximum absolute atomic E-state index is 10.5. The van der Waals surface area contributed by atoms with E-state index in [1.807, 2.05) is 30.3 Å². The van der Waals surface area contributed by atoms with Gasteiger partial charge in [0.25, 0.3) is 5.69 Å². The smallest absolute Gasteiger partial charge is 0.269 e. The van der Waals surface area contributed by atoms with E-state index in [0.717, 1.165) is 10.5 Å². The fourth-order valence-electron chi connectivity index (χ4n) is 1.53. The number of nitro benzene ring substituents is 1. The highest BCUT2D eigenvalue weighted by Gasteiger charge is 2.03. The van der Waals surface area contributed by atoms with Gasteiger partial charge in [-0.25, -0.2) is 0 Å². The Morgan fingerprint density at radius 2 is 1.80 bits per heavy atom. The van der Waals surface area contributed by atoms with E-state index in [1.54, 1.807) is 12.1 Å². The molecule has 0 aliphatic heterocycles. The van der Waals surface area contributed by atoms with Gasteiger partial charge < -0.3 is 5.73 Å². The molecule has 0 atom stereocenters. The molecule has 0 unspecified atom stereocenters. The summed E-state index contributed by atoms with van der Waals surface area (Å²) in [6.45, 7) is 0.406. The van der Waals surface area contributed by atoms with Crippen LogP contribution in [0, 0.1) is 10.1 Å². The van der Waals surface area contributed by atoms with Crippen molar-refractivity contribution in [3.8, 4) is 0 Å². The van der Waals surface area contributed by atoms with Crippen LogP contribution in [0.25, 0.3) is 0 Å². The Balaban J connectivity index is 1.96. The van der Waals surface area contributed by atoms with Gasteiger partial charge in [0, 0.05) is 17.0 Å². The minimum Gasteiger partial charge on any atom is -0.378 e. The maximum Gasteiger partial charge on any atom is 0.269 e. The molecule has 0 saturated heterocycles. The Kier molecular flexibility index (Phi) is 4.73. The first kappa shape index (κ1) is 14.1. The van der Waals surface area contributed by atoms with Crippen molar-refractivity contribution in [2.45, 2.75) is 11.4 Å². The minimum absolute atomic E-state index is 0.0735. The SMILES string of the molecule is NC(=NCc1ccc([N+](=O)[O-])cc1)Sc1ccccc1. The summed E-state index contributed by atoms with van der Waals surface area (Å²) in [5.41, 5.74) is 6.79. The number of nitrogens with two attached hydrogens (primary N) is 1. The molecule has 6 heteroatoms. The predicted octanol–water partition coefficient (Wildman–Crippen LogP) is 3.20. The average Bonchev–Trinajstić information content (AvgIpc) is 2.46. The number of hydrogen-bond acceptors (Lipinski definition) is 4. The van der Waals surface area contributed by atoms with Gasteiger partial charge in [-0.05, 0) is 17.7 Å². The topological polar surface area (TPSA) is 81.5 Å². The second kappa shape index (κ2) is 6.72. The lowest BCUT2D eigenvalue weighted by molar-refractivity contribution is -0.384. The van der Waals surface area contributed by atoms with Gasteiger partial charge in [-0.2, -0.15) is 0 Å². The number of thioether (sulfide) groups is 1. The summed E-state index contributed by atoms with van der Waals surface area (Å²) in [5, 5.41) is 11.0. The second-order valence-electron chi connectivity index (χ2n) is 3.99. The molecule has 0 fully saturated rings. The van der Waals surface area contributed by atoms with Crippen molar-refractivity contribution in [1.82, 2.24) is 0 Å². The van der Waals surface area contributed by atoms with Crippen LogP contribution in [0.4, 0.5) is 5.69 Å². The molecule has 0 spiro atoms. The number of rotatable bonds is 4. The highest BCUT2D eigenvalue weighted by atomic mass is 32.2. The van der Waals surface area contributed by atoms with E-state index in [9.17, 15) is 10.1 Å². The fraction of sp³-hybridized carbons (Fsp3) is 0.0714. The molecular formula is C14H13N3O2S. The van der Waals surface area contributed by atoms with Gasteiger partial charge in [0.2, 0.25) is 0 Å². The van der Waals surface area contributed by atoms with Crippen molar-refractivity contribution in [2.24, 2.45) is 10.7 Å². The first-order valence-electron chi connectivity index (χ1n) is 5.91. The number of hydrogen-bond donors (Lipinski definition) is 1. The summed E-state index contributed by atoms with van der Waals surface area (Å²) in [6.07, 6.45) is 0. The summed E-state index contributed by atoms with van der Waals surface area (Å²) < 4.78 is 0. The number of nitro groups is 1. The first-order valence-corrected chi connectivity index (χ1v) is 6.73. The van der Waals surface area contributed by atoms with E-state index in [4.69, 9.17) is 5.73 Å². The van der Waals surface area contributed by atoms with Gasteiger partial charge in [-0.1, -0.05) is 42.1 Å². The molecule has 2 rings (SSSR count). The van der Waals surface area contributed by atoms with E-state index in [2.05, 4.69) is 4.99 Å². The zero-order valence-electron chi connectivity index (χ0n) is 10.6. The molecule has 2 aromatic rings. The maximum atomic E-state index is 10.5. The van der Waals surface area contributed by atoms with Crippen molar-refractivity contribution in [2.75, 3.05) is 0 Å². The van der Waals surface area contributed by atoms with Crippen molar-refractivity contribution >= 4 is 22.6 Å². The van der Waals surface area contributed by atoms with Gasteiger partial charge in [0.15, 0.2) is 5.17 Å². The van der Waals surface area contributed by atoms with Gasteiger partial charge in [0.1, 0.15) is 0 Å². The van der Waals surface area contributed by atoms with E-state index < -0.39 is 4.92 Å². The summed E-state index contributed by atoms with van der Waals surface area (Å²) >= 11 is 1.39. The van der Waals surface area contributed by atoms with Gasteiger partial charge in [-0.3, -0.25) is 15.1 Å². The quantitative estimate of drug-likeness (QED) is 0.308. The number of benzene rings is 2. The Morgan fingerprint density at radius 1 is 1.15 bits per heavy atom. The number of amidine groups is 1. The minimum atomic E-state index is -0.424. The molecule has 0 saturated carbocycles. The molecule has 0 bridgehead atoms. The van der Waals surface area contributed by atoms with Crippen LogP contribution >= 0.6 is 11.8 Å². The van der Waals surface area contributed by atoms with E-state index in [1.165, 1.54) is 23.9 Å². The Labute approximate surface area is 120 Å². The van der Waals surface area contributed by atoms with E-state index >= 15 is 0 Å². The fourth-order valence-corrected chi connectivity index (χ4v) is 2.20. The van der Waals surface area contributed by atoms with Crippen LogP contribution in [0.15, 0.2) is 64.5 Å². The molecule has 0 heterocycles. The van der Waals surface area contributed by atoms with Gasteiger partial charge in [0.05, 0.1) is 11.5 Å². The molecule has 0 radical (unpaired) electrons. The third-order valence-electron chi connectivity index (χ3n) is 2.53. The first-order chi connectivity index (χ1) is 9.65. The third kappa shape index (κ3) is 4.10. The molecule has 0 amide bonds. The summed E-state index contributed by atoms with van der Waals surface area (Å²) in [4.78, 5) is 15.4. The third-order valence-corrected chi connectivity index (χ3v) is 3.38. The average molecular weight is 287 g/mol. The highest BCUT2D eigenvalue weighted by molar-refractivity contribution is 8.13. The number of aliphatic imine (C=N–C) groups is 1. The van der Waals surface area contributed by atoms with E-state index in [-0.39, 0.29) is 5.69 Å². The van der Waals surface area contributed by atoms with Crippen LogP contribution in [-0.4, -0.2) is 10.1 Å². The molecule has 0 aliphatic carbocycles. The van der Waals surface area contributed by atoms with Crippen molar-refractivity contribution in [1.29, 1.82) is 0 Å². The number of non-ortho nitro benzene ring substituents is 1.